The van der Waals surface area contributed by atoms with Crippen molar-refractivity contribution in [1.29, 1.82) is 5.26 Å². The number of nitrogens with one attached hydrogen (secondary N) is 2. The maximum atomic E-state index is 14.0. The van der Waals surface area contributed by atoms with E-state index >= 15 is 0 Å². The van der Waals surface area contributed by atoms with E-state index in [0.29, 0.717) is 27.1 Å². The van der Waals surface area contributed by atoms with Gasteiger partial charge in [-0.05, 0) is 53.9 Å². The van der Waals surface area contributed by atoms with Crippen LogP contribution in [-0.4, -0.2) is 21.9 Å². The molecule has 1 aliphatic carbocycles. The zero-order chi connectivity index (χ0) is 27.4. The Morgan fingerprint density at radius 1 is 1.26 bits per heavy atom. The molecular formula is C27H27ClF3N5OS. The zero-order valence-corrected chi connectivity index (χ0v) is 22.7. The van der Waals surface area contributed by atoms with Gasteiger partial charge >= 0.3 is 6.18 Å². The number of anilines is 2. The first-order chi connectivity index (χ1) is 17.8. The van der Waals surface area contributed by atoms with Gasteiger partial charge in [-0.3, -0.25) is 4.79 Å². The quantitative estimate of drug-likeness (QED) is 0.346. The molecule has 0 saturated carbocycles. The monoisotopic (exact) mass is 561 g/mol. The van der Waals surface area contributed by atoms with Gasteiger partial charge in [-0.15, -0.1) is 11.3 Å². The first-order valence-corrected chi connectivity index (χ1v) is 13.6. The van der Waals surface area contributed by atoms with Crippen LogP contribution in [0.15, 0.2) is 30.3 Å². The Bertz CT molecular complexity index is 1410. The largest absolute Gasteiger partial charge is 0.410 e. The van der Waals surface area contributed by atoms with Gasteiger partial charge in [0.1, 0.15) is 16.9 Å². The summed E-state index contributed by atoms with van der Waals surface area (Å²) in [4.78, 5) is 14.2. The molecule has 0 fully saturated rings. The second kappa shape index (κ2) is 9.62. The first-order valence-electron chi connectivity index (χ1n) is 12.4. The fraction of sp³-hybridized carbons (Fsp3) is 0.444. The number of benzene rings is 1. The van der Waals surface area contributed by atoms with E-state index < -0.39 is 24.2 Å². The average molecular weight is 562 g/mol. The van der Waals surface area contributed by atoms with Crippen LogP contribution < -0.4 is 10.6 Å². The molecule has 1 aromatic carbocycles. The Morgan fingerprint density at radius 2 is 1.97 bits per heavy atom. The summed E-state index contributed by atoms with van der Waals surface area (Å²) in [6, 6.07) is 7.62. The SMILES string of the molecule is CC(C)(C)C1CCc2c(sc(NC(=O)c3cc4n(n3)C(C(F)(F)F)CC(c3ccc(Cl)cc3)N4)c2C#N)C1. The topological polar surface area (TPSA) is 82.7 Å². The Labute approximate surface area is 227 Å². The Morgan fingerprint density at radius 3 is 2.61 bits per heavy atom. The minimum absolute atomic E-state index is 0.0997. The van der Waals surface area contributed by atoms with Gasteiger partial charge in [-0.25, -0.2) is 4.68 Å². The van der Waals surface area contributed by atoms with Crippen LogP contribution in [0.4, 0.5) is 24.0 Å². The standard InChI is InChI=1S/C27H27ClF3N5OS/c1-26(2,3)15-6-9-17-18(13-32)25(38-21(17)10-15)34-24(37)20-12-23-33-19(14-4-7-16(28)8-5-14)11-22(27(29,30)31)36(23)35-20/h4-5,7-8,12,15,19,22,33H,6,9-11H2,1-3H3,(H,34,37). The molecule has 2 aliphatic rings. The van der Waals surface area contributed by atoms with Gasteiger partial charge < -0.3 is 10.6 Å². The fourth-order valence-corrected chi connectivity index (χ4v) is 6.70. The molecule has 0 spiro atoms. The van der Waals surface area contributed by atoms with Crippen molar-refractivity contribution in [2.45, 2.75) is 64.7 Å². The number of thiophene rings is 1. The molecule has 0 bridgehead atoms. The molecule has 3 atom stereocenters. The second-order valence-corrected chi connectivity index (χ2v) is 12.5. The van der Waals surface area contributed by atoms with Crippen molar-refractivity contribution in [3.8, 4) is 6.07 Å². The van der Waals surface area contributed by atoms with Crippen LogP contribution in [0.25, 0.3) is 0 Å². The normalized spacial score (nSPS) is 21.2. The number of nitriles is 1. The maximum Gasteiger partial charge on any atom is 0.410 e. The molecule has 3 heterocycles. The zero-order valence-electron chi connectivity index (χ0n) is 21.1. The van der Waals surface area contributed by atoms with E-state index in [1.165, 1.54) is 17.4 Å². The van der Waals surface area contributed by atoms with Crippen LogP contribution in [0.5, 0.6) is 0 Å². The van der Waals surface area contributed by atoms with Gasteiger partial charge in [0.2, 0.25) is 0 Å². The minimum Gasteiger partial charge on any atom is -0.363 e. The van der Waals surface area contributed by atoms with Crippen molar-refractivity contribution in [1.82, 2.24) is 9.78 Å². The minimum atomic E-state index is -4.56. The van der Waals surface area contributed by atoms with Gasteiger partial charge in [0.15, 0.2) is 11.7 Å². The molecule has 1 aliphatic heterocycles. The van der Waals surface area contributed by atoms with Gasteiger partial charge in [-0.2, -0.15) is 23.5 Å². The molecule has 0 saturated heterocycles. The highest BCUT2D eigenvalue weighted by atomic mass is 35.5. The number of halogens is 4. The highest BCUT2D eigenvalue weighted by molar-refractivity contribution is 7.16. The molecule has 2 N–H and O–H groups in total. The number of fused-ring (bicyclic) bond motifs is 2. The Kier molecular flexibility index (Phi) is 6.72. The third kappa shape index (κ3) is 5.02. The molecule has 11 heteroatoms. The van der Waals surface area contributed by atoms with Crippen molar-refractivity contribution in [3.05, 3.63) is 62.6 Å². The smallest absolute Gasteiger partial charge is 0.363 e. The number of hydrogen-bond acceptors (Lipinski definition) is 5. The Hall–Kier alpha value is -3.03. The van der Waals surface area contributed by atoms with Gasteiger partial charge in [0, 0.05) is 22.4 Å². The highest BCUT2D eigenvalue weighted by Crippen LogP contribution is 2.45. The number of aromatic nitrogens is 2. The number of rotatable bonds is 3. The third-order valence-electron chi connectivity index (χ3n) is 7.52. The van der Waals surface area contributed by atoms with E-state index in [9.17, 15) is 23.2 Å². The van der Waals surface area contributed by atoms with E-state index in [4.69, 9.17) is 11.6 Å². The summed E-state index contributed by atoms with van der Waals surface area (Å²) in [7, 11) is 0. The highest BCUT2D eigenvalue weighted by Gasteiger charge is 2.47. The third-order valence-corrected chi connectivity index (χ3v) is 8.95. The van der Waals surface area contributed by atoms with Gasteiger partial charge in [0.25, 0.3) is 5.91 Å². The van der Waals surface area contributed by atoms with E-state index in [-0.39, 0.29) is 23.3 Å². The molecule has 38 heavy (non-hydrogen) atoms. The van der Waals surface area contributed by atoms with Crippen LogP contribution >= 0.6 is 22.9 Å². The van der Waals surface area contributed by atoms with Crippen LogP contribution in [-0.2, 0) is 12.8 Å². The van der Waals surface area contributed by atoms with Crippen molar-refractivity contribution < 1.29 is 18.0 Å². The second-order valence-electron chi connectivity index (χ2n) is 11.0. The number of hydrogen-bond donors (Lipinski definition) is 2. The van der Waals surface area contributed by atoms with E-state index in [1.807, 2.05) is 0 Å². The summed E-state index contributed by atoms with van der Waals surface area (Å²) >= 11 is 7.31. The summed E-state index contributed by atoms with van der Waals surface area (Å²) in [5, 5.41) is 20.6. The van der Waals surface area contributed by atoms with E-state index in [1.54, 1.807) is 24.3 Å². The van der Waals surface area contributed by atoms with Crippen molar-refractivity contribution in [2.24, 2.45) is 11.3 Å². The van der Waals surface area contributed by atoms with E-state index in [2.05, 4.69) is 42.6 Å². The number of carbonyl (C=O) groups excluding carboxylic acids is 1. The van der Waals surface area contributed by atoms with Gasteiger partial charge in [0.05, 0.1) is 11.6 Å². The lowest BCUT2D eigenvalue weighted by atomic mass is 9.72. The molecule has 2 aromatic heterocycles. The maximum absolute atomic E-state index is 14.0. The predicted octanol–water partition coefficient (Wildman–Crippen LogP) is 7.53. The summed E-state index contributed by atoms with van der Waals surface area (Å²) in [6.07, 6.45) is -2.30. The number of alkyl halides is 3. The lowest BCUT2D eigenvalue weighted by Crippen LogP contribution is -2.35. The van der Waals surface area contributed by atoms with Gasteiger partial charge in [-0.1, -0.05) is 44.5 Å². The van der Waals surface area contributed by atoms with Crippen LogP contribution in [0.1, 0.15) is 77.8 Å². The van der Waals surface area contributed by atoms with Crippen molar-refractivity contribution in [3.63, 3.8) is 0 Å². The van der Waals surface area contributed by atoms with Crippen molar-refractivity contribution >= 4 is 39.7 Å². The predicted molar refractivity (Wildman–Crippen MR) is 142 cm³/mol. The molecule has 0 radical (unpaired) electrons. The summed E-state index contributed by atoms with van der Waals surface area (Å²) in [6.45, 7) is 6.60. The number of amides is 1. The average Bonchev–Trinajstić information content (AvgIpc) is 3.43. The fourth-order valence-electron chi connectivity index (χ4n) is 5.30. The molecule has 200 valence electrons. The van der Waals surface area contributed by atoms with Crippen LogP contribution in [0, 0.1) is 22.7 Å². The molecule has 1 amide bonds. The Balaban J connectivity index is 1.42. The molecular weight excluding hydrogens is 535 g/mol. The molecule has 3 aromatic rings. The van der Waals surface area contributed by atoms with Crippen LogP contribution in [0.2, 0.25) is 5.02 Å². The number of nitrogens with zero attached hydrogens (tertiary/aromatic N) is 3. The summed E-state index contributed by atoms with van der Waals surface area (Å²) in [5.41, 5.74) is 2.02. The van der Waals surface area contributed by atoms with Crippen LogP contribution in [0.3, 0.4) is 0 Å². The number of carbonyl (C=O) groups is 1. The summed E-state index contributed by atoms with van der Waals surface area (Å²) in [5.74, 6) is -0.0922. The first kappa shape index (κ1) is 26.6. The molecule has 6 nitrogen and oxygen atoms in total. The lowest BCUT2D eigenvalue weighted by molar-refractivity contribution is -0.173. The summed E-state index contributed by atoms with van der Waals surface area (Å²) < 4.78 is 42.9. The molecule has 5 rings (SSSR count). The van der Waals surface area contributed by atoms with E-state index in [0.717, 1.165) is 34.4 Å². The lowest BCUT2D eigenvalue weighted by Gasteiger charge is -2.33. The molecule has 3 unspecified atom stereocenters. The van der Waals surface area contributed by atoms with Crippen molar-refractivity contribution in [2.75, 3.05) is 10.6 Å².